The summed E-state index contributed by atoms with van der Waals surface area (Å²) in [7, 11) is 0. The highest BCUT2D eigenvalue weighted by Crippen LogP contribution is 2.38. The Morgan fingerprint density at radius 3 is 2.81 bits per heavy atom. The third kappa shape index (κ3) is 4.39. The third-order valence-electron chi connectivity index (χ3n) is 4.44. The Balaban J connectivity index is 1.71. The van der Waals surface area contributed by atoms with E-state index < -0.39 is 5.97 Å². The highest BCUT2D eigenvalue weighted by molar-refractivity contribution is 5.93. The molecule has 1 atom stereocenters. The SMILES string of the molecule is CCOc1cc2c(cc1NC(=O)CCc1ccccc1C(=O)O)OC(C)C2. The van der Waals surface area contributed by atoms with Crippen LogP contribution in [-0.2, 0) is 17.6 Å². The van der Waals surface area contributed by atoms with Crippen molar-refractivity contribution in [3.05, 3.63) is 53.1 Å². The van der Waals surface area contributed by atoms with Crippen molar-refractivity contribution in [1.82, 2.24) is 0 Å². The average molecular weight is 369 g/mol. The lowest BCUT2D eigenvalue weighted by Gasteiger charge is -2.14. The molecule has 1 heterocycles. The van der Waals surface area contributed by atoms with Gasteiger partial charge in [-0.2, -0.15) is 0 Å². The van der Waals surface area contributed by atoms with E-state index in [0.717, 1.165) is 17.7 Å². The van der Waals surface area contributed by atoms with Gasteiger partial charge in [-0.15, -0.1) is 0 Å². The molecule has 0 bridgehead atoms. The number of carboxylic acid groups (broad SMARTS) is 1. The molecule has 0 aliphatic carbocycles. The summed E-state index contributed by atoms with van der Waals surface area (Å²) < 4.78 is 11.4. The van der Waals surface area contributed by atoms with Crippen molar-refractivity contribution in [2.75, 3.05) is 11.9 Å². The number of rotatable bonds is 7. The molecule has 6 nitrogen and oxygen atoms in total. The number of carbonyl (C=O) groups is 2. The summed E-state index contributed by atoms with van der Waals surface area (Å²) in [6, 6.07) is 10.4. The molecule has 2 aromatic rings. The number of hydrogen-bond acceptors (Lipinski definition) is 4. The van der Waals surface area contributed by atoms with Crippen LogP contribution in [0.25, 0.3) is 0 Å². The summed E-state index contributed by atoms with van der Waals surface area (Å²) in [6.45, 7) is 4.38. The predicted molar refractivity (Wildman–Crippen MR) is 102 cm³/mol. The first-order valence-electron chi connectivity index (χ1n) is 9.05. The maximum atomic E-state index is 12.4. The molecule has 2 N–H and O–H groups in total. The summed E-state index contributed by atoms with van der Waals surface area (Å²) in [6.07, 6.45) is 1.43. The van der Waals surface area contributed by atoms with Crippen LogP contribution in [0.2, 0.25) is 0 Å². The van der Waals surface area contributed by atoms with Crippen molar-refractivity contribution in [1.29, 1.82) is 0 Å². The van der Waals surface area contributed by atoms with Gasteiger partial charge in [0, 0.05) is 24.5 Å². The zero-order valence-corrected chi connectivity index (χ0v) is 15.5. The van der Waals surface area contributed by atoms with Gasteiger partial charge in [0.1, 0.15) is 17.6 Å². The number of amides is 1. The zero-order chi connectivity index (χ0) is 19.4. The summed E-state index contributed by atoms with van der Waals surface area (Å²) in [5, 5.41) is 12.1. The number of nitrogens with one attached hydrogen (secondary N) is 1. The van der Waals surface area contributed by atoms with Crippen LogP contribution in [0, 0.1) is 0 Å². The first-order valence-corrected chi connectivity index (χ1v) is 9.05. The van der Waals surface area contributed by atoms with E-state index in [1.807, 2.05) is 19.9 Å². The fourth-order valence-electron chi connectivity index (χ4n) is 3.22. The van der Waals surface area contributed by atoms with E-state index in [0.29, 0.717) is 30.0 Å². The molecule has 0 aromatic heterocycles. The van der Waals surface area contributed by atoms with E-state index in [4.69, 9.17) is 9.47 Å². The number of benzene rings is 2. The molecular weight excluding hydrogens is 346 g/mol. The molecule has 0 fully saturated rings. The van der Waals surface area contributed by atoms with Crippen molar-refractivity contribution < 1.29 is 24.2 Å². The maximum Gasteiger partial charge on any atom is 0.335 e. The third-order valence-corrected chi connectivity index (χ3v) is 4.44. The summed E-state index contributed by atoms with van der Waals surface area (Å²) in [5.74, 6) is 0.183. The van der Waals surface area contributed by atoms with Crippen molar-refractivity contribution in [2.45, 2.75) is 39.2 Å². The van der Waals surface area contributed by atoms with Crippen LogP contribution in [0.1, 0.15) is 41.8 Å². The predicted octanol–water partition coefficient (Wildman–Crippen LogP) is 3.68. The molecule has 27 heavy (non-hydrogen) atoms. The molecule has 0 saturated carbocycles. The smallest absolute Gasteiger partial charge is 0.335 e. The van der Waals surface area contributed by atoms with E-state index >= 15 is 0 Å². The lowest BCUT2D eigenvalue weighted by Crippen LogP contribution is -2.14. The summed E-state index contributed by atoms with van der Waals surface area (Å²) >= 11 is 0. The van der Waals surface area contributed by atoms with Gasteiger partial charge in [0.15, 0.2) is 0 Å². The molecule has 1 unspecified atom stereocenters. The molecular formula is C21H23NO5. The van der Waals surface area contributed by atoms with Gasteiger partial charge < -0.3 is 19.9 Å². The lowest BCUT2D eigenvalue weighted by atomic mass is 10.0. The number of aryl methyl sites for hydroxylation is 1. The fraction of sp³-hybridized carbons (Fsp3) is 0.333. The number of carboxylic acids is 1. The second-order valence-electron chi connectivity index (χ2n) is 6.53. The maximum absolute atomic E-state index is 12.4. The van der Waals surface area contributed by atoms with Crippen LogP contribution >= 0.6 is 0 Å². The Morgan fingerprint density at radius 1 is 1.30 bits per heavy atom. The largest absolute Gasteiger partial charge is 0.492 e. The van der Waals surface area contributed by atoms with Gasteiger partial charge in [0.2, 0.25) is 5.91 Å². The van der Waals surface area contributed by atoms with Gasteiger partial charge in [0.05, 0.1) is 17.9 Å². The van der Waals surface area contributed by atoms with Crippen LogP contribution in [0.5, 0.6) is 11.5 Å². The first kappa shape index (κ1) is 18.8. The summed E-state index contributed by atoms with van der Waals surface area (Å²) in [5.41, 5.74) is 2.50. The zero-order valence-electron chi connectivity index (χ0n) is 15.5. The average Bonchev–Trinajstić information content (AvgIpc) is 2.99. The highest BCUT2D eigenvalue weighted by atomic mass is 16.5. The molecule has 142 valence electrons. The van der Waals surface area contributed by atoms with Crippen molar-refractivity contribution in [2.24, 2.45) is 0 Å². The van der Waals surface area contributed by atoms with Gasteiger partial charge in [0.25, 0.3) is 0 Å². The number of hydrogen-bond donors (Lipinski definition) is 2. The van der Waals surface area contributed by atoms with Crippen molar-refractivity contribution in [3.8, 4) is 11.5 Å². The number of ether oxygens (including phenoxy) is 2. The van der Waals surface area contributed by atoms with Gasteiger partial charge in [-0.3, -0.25) is 4.79 Å². The minimum Gasteiger partial charge on any atom is -0.492 e. The van der Waals surface area contributed by atoms with Crippen LogP contribution in [-0.4, -0.2) is 29.7 Å². The summed E-state index contributed by atoms with van der Waals surface area (Å²) in [4.78, 5) is 23.7. The fourth-order valence-corrected chi connectivity index (χ4v) is 3.22. The first-order chi connectivity index (χ1) is 13.0. The molecule has 2 aromatic carbocycles. The number of aromatic carboxylic acids is 1. The van der Waals surface area contributed by atoms with E-state index in [2.05, 4.69) is 5.32 Å². The van der Waals surface area contributed by atoms with Gasteiger partial charge in [-0.25, -0.2) is 4.79 Å². The van der Waals surface area contributed by atoms with E-state index in [1.165, 1.54) is 0 Å². The molecule has 1 aliphatic heterocycles. The second kappa shape index (κ2) is 8.12. The second-order valence-corrected chi connectivity index (χ2v) is 6.53. The van der Waals surface area contributed by atoms with Gasteiger partial charge in [-0.1, -0.05) is 18.2 Å². The van der Waals surface area contributed by atoms with Crippen LogP contribution in [0.15, 0.2) is 36.4 Å². The Kier molecular flexibility index (Phi) is 5.64. The highest BCUT2D eigenvalue weighted by Gasteiger charge is 2.22. The molecule has 1 amide bonds. The Hall–Kier alpha value is -3.02. The minimum atomic E-state index is -0.991. The normalized spacial score (nSPS) is 15.0. The van der Waals surface area contributed by atoms with Crippen molar-refractivity contribution >= 4 is 17.6 Å². The Bertz CT molecular complexity index is 862. The quantitative estimate of drug-likeness (QED) is 0.778. The Morgan fingerprint density at radius 2 is 2.07 bits per heavy atom. The van der Waals surface area contributed by atoms with E-state index in [1.54, 1.807) is 30.3 Å². The minimum absolute atomic E-state index is 0.105. The van der Waals surface area contributed by atoms with Gasteiger partial charge >= 0.3 is 5.97 Å². The standard InChI is InChI=1S/C21H23NO5/c1-3-26-19-11-15-10-13(2)27-18(15)12-17(19)22-20(23)9-8-14-6-4-5-7-16(14)21(24)25/h4-7,11-13H,3,8-10H2,1-2H3,(H,22,23)(H,24,25). The number of carbonyl (C=O) groups excluding carboxylic acids is 1. The molecule has 3 rings (SSSR count). The van der Waals surface area contributed by atoms with Crippen molar-refractivity contribution in [3.63, 3.8) is 0 Å². The van der Waals surface area contributed by atoms with Crippen LogP contribution in [0.3, 0.4) is 0 Å². The lowest BCUT2D eigenvalue weighted by molar-refractivity contribution is -0.116. The van der Waals surface area contributed by atoms with Crippen LogP contribution in [0.4, 0.5) is 5.69 Å². The topological polar surface area (TPSA) is 84.9 Å². The van der Waals surface area contributed by atoms with E-state index in [-0.39, 0.29) is 24.0 Å². The molecule has 0 radical (unpaired) electrons. The number of fused-ring (bicyclic) bond motifs is 1. The molecule has 1 aliphatic rings. The molecule has 6 heteroatoms. The molecule has 0 saturated heterocycles. The Labute approximate surface area is 158 Å². The van der Waals surface area contributed by atoms with Gasteiger partial charge in [-0.05, 0) is 38.0 Å². The van der Waals surface area contributed by atoms with E-state index in [9.17, 15) is 14.7 Å². The van der Waals surface area contributed by atoms with Crippen LogP contribution < -0.4 is 14.8 Å². The monoisotopic (exact) mass is 369 g/mol. The molecule has 0 spiro atoms. The number of anilines is 1.